The molecule has 0 saturated heterocycles. The van der Waals surface area contributed by atoms with Crippen molar-refractivity contribution in [3.8, 4) is 11.5 Å². The Hall–Kier alpha value is -1.22. The summed E-state index contributed by atoms with van der Waals surface area (Å²) in [5.41, 5.74) is 2.02. The van der Waals surface area contributed by atoms with Crippen LogP contribution in [-0.4, -0.2) is 18.8 Å². The zero-order chi connectivity index (χ0) is 9.26. The molecule has 1 aliphatic heterocycles. The van der Waals surface area contributed by atoms with E-state index in [1.807, 2.05) is 12.1 Å². The molecule has 3 nitrogen and oxygen atoms in total. The van der Waals surface area contributed by atoms with Crippen molar-refractivity contribution in [1.29, 1.82) is 0 Å². The molecule has 2 rings (SSSR count). The minimum absolute atomic E-state index is 0.0652. The Labute approximate surface area is 76.9 Å². The van der Waals surface area contributed by atoms with Gasteiger partial charge in [-0.1, -0.05) is 6.07 Å². The zero-order valence-corrected chi connectivity index (χ0v) is 7.54. The largest absolute Gasteiger partial charge is 0.493 e. The number of hydrogen-bond acceptors (Lipinski definition) is 3. The van der Waals surface area contributed by atoms with Gasteiger partial charge in [0.15, 0.2) is 11.5 Å². The maximum atomic E-state index is 9.07. The van der Waals surface area contributed by atoms with Crippen LogP contribution in [0.2, 0.25) is 0 Å². The summed E-state index contributed by atoms with van der Waals surface area (Å²) in [7, 11) is 1.62. The van der Waals surface area contributed by atoms with Crippen LogP contribution in [0.15, 0.2) is 12.1 Å². The Bertz CT molecular complexity index is 289. The molecule has 0 fully saturated rings. The van der Waals surface area contributed by atoms with Crippen LogP contribution in [0.5, 0.6) is 11.5 Å². The second kappa shape index (κ2) is 3.26. The molecule has 0 unspecified atom stereocenters. The lowest BCUT2D eigenvalue weighted by atomic mass is 10.1. The molecule has 1 heterocycles. The molecule has 1 aromatic carbocycles. The lowest BCUT2D eigenvalue weighted by Gasteiger charge is -2.08. The van der Waals surface area contributed by atoms with E-state index in [9.17, 15) is 0 Å². The summed E-state index contributed by atoms with van der Waals surface area (Å²) < 4.78 is 10.6. The minimum Gasteiger partial charge on any atom is -0.493 e. The summed E-state index contributed by atoms with van der Waals surface area (Å²) in [6, 6.07) is 3.71. The molecular formula is C10H12O3. The molecule has 0 spiro atoms. The molecule has 0 atom stereocenters. The number of rotatable bonds is 2. The predicted molar refractivity (Wildman–Crippen MR) is 48.1 cm³/mol. The number of hydrogen-bond donors (Lipinski definition) is 1. The highest BCUT2D eigenvalue weighted by molar-refractivity contribution is 5.52. The van der Waals surface area contributed by atoms with Crippen LogP contribution in [0.4, 0.5) is 0 Å². The standard InChI is InChI=1S/C10H12O3/c1-12-9-3-2-7(6-11)8-4-5-13-10(8)9/h2-3,11H,4-6H2,1H3. The number of aliphatic hydroxyl groups excluding tert-OH is 1. The second-order valence-electron chi connectivity index (χ2n) is 2.99. The number of fused-ring (bicyclic) bond motifs is 1. The summed E-state index contributed by atoms with van der Waals surface area (Å²) in [5, 5.41) is 9.07. The molecule has 70 valence electrons. The monoisotopic (exact) mass is 180 g/mol. The third-order valence-corrected chi connectivity index (χ3v) is 2.31. The van der Waals surface area contributed by atoms with Crippen molar-refractivity contribution in [2.75, 3.05) is 13.7 Å². The molecule has 1 N–H and O–H groups in total. The summed E-state index contributed by atoms with van der Waals surface area (Å²) >= 11 is 0. The van der Waals surface area contributed by atoms with Crippen LogP contribution in [-0.2, 0) is 13.0 Å². The van der Waals surface area contributed by atoms with Crippen LogP contribution in [0.3, 0.4) is 0 Å². The molecule has 1 aromatic rings. The normalized spacial score (nSPS) is 13.7. The van der Waals surface area contributed by atoms with Crippen molar-refractivity contribution in [3.63, 3.8) is 0 Å². The lowest BCUT2D eigenvalue weighted by Crippen LogP contribution is -1.92. The Morgan fingerprint density at radius 3 is 3.08 bits per heavy atom. The van der Waals surface area contributed by atoms with Crippen LogP contribution in [0, 0.1) is 0 Å². The summed E-state index contributed by atoms with van der Waals surface area (Å²) in [6.07, 6.45) is 0.864. The molecule has 13 heavy (non-hydrogen) atoms. The van der Waals surface area contributed by atoms with E-state index in [0.29, 0.717) is 6.61 Å². The third kappa shape index (κ3) is 1.25. The van der Waals surface area contributed by atoms with Crippen molar-refractivity contribution in [3.05, 3.63) is 23.3 Å². The zero-order valence-electron chi connectivity index (χ0n) is 7.54. The number of benzene rings is 1. The molecule has 1 aliphatic rings. The highest BCUT2D eigenvalue weighted by Gasteiger charge is 2.19. The number of methoxy groups -OCH3 is 1. The van der Waals surface area contributed by atoms with E-state index in [1.165, 1.54) is 0 Å². The molecular weight excluding hydrogens is 168 g/mol. The van der Waals surface area contributed by atoms with Gasteiger partial charge in [0.2, 0.25) is 0 Å². The molecule has 3 heteroatoms. The van der Waals surface area contributed by atoms with E-state index in [4.69, 9.17) is 14.6 Å². The molecule has 0 bridgehead atoms. The van der Waals surface area contributed by atoms with Crippen molar-refractivity contribution in [1.82, 2.24) is 0 Å². The van der Waals surface area contributed by atoms with Crippen LogP contribution in [0.1, 0.15) is 11.1 Å². The van der Waals surface area contributed by atoms with Gasteiger partial charge >= 0.3 is 0 Å². The molecule has 0 saturated carbocycles. The average Bonchev–Trinajstić information content (AvgIpc) is 2.64. The molecule has 0 aliphatic carbocycles. The third-order valence-electron chi connectivity index (χ3n) is 2.31. The van der Waals surface area contributed by atoms with Gasteiger partial charge < -0.3 is 14.6 Å². The van der Waals surface area contributed by atoms with Crippen molar-refractivity contribution >= 4 is 0 Å². The second-order valence-corrected chi connectivity index (χ2v) is 2.99. The molecule has 0 aromatic heterocycles. The van der Waals surface area contributed by atoms with Gasteiger partial charge in [-0.05, 0) is 11.6 Å². The van der Waals surface area contributed by atoms with E-state index in [0.717, 1.165) is 29.0 Å². The average molecular weight is 180 g/mol. The van der Waals surface area contributed by atoms with Crippen LogP contribution < -0.4 is 9.47 Å². The quantitative estimate of drug-likeness (QED) is 0.741. The topological polar surface area (TPSA) is 38.7 Å². The maximum Gasteiger partial charge on any atom is 0.164 e. The maximum absolute atomic E-state index is 9.07. The lowest BCUT2D eigenvalue weighted by molar-refractivity contribution is 0.280. The van der Waals surface area contributed by atoms with Crippen molar-refractivity contribution in [2.45, 2.75) is 13.0 Å². The van der Waals surface area contributed by atoms with Gasteiger partial charge in [0.1, 0.15) is 0 Å². The first-order valence-electron chi connectivity index (χ1n) is 4.29. The van der Waals surface area contributed by atoms with Gasteiger partial charge in [0.25, 0.3) is 0 Å². The van der Waals surface area contributed by atoms with E-state index in [2.05, 4.69) is 0 Å². The minimum atomic E-state index is 0.0652. The number of ether oxygens (including phenoxy) is 2. The SMILES string of the molecule is COc1ccc(CO)c2c1OCC2. The van der Waals surface area contributed by atoms with E-state index in [-0.39, 0.29) is 6.61 Å². The Morgan fingerprint density at radius 1 is 1.54 bits per heavy atom. The van der Waals surface area contributed by atoms with Crippen LogP contribution in [0.25, 0.3) is 0 Å². The van der Waals surface area contributed by atoms with Gasteiger partial charge in [-0.25, -0.2) is 0 Å². The molecule has 0 amide bonds. The smallest absolute Gasteiger partial charge is 0.164 e. The van der Waals surface area contributed by atoms with E-state index in [1.54, 1.807) is 7.11 Å². The highest BCUT2D eigenvalue weighted by Crippen LogP contribution is 2.37. The van der Waals surface area contributed by atoms with Gasteiger partial charge in [0, 0.05) is 12.0 Å². The fourth-order valence-electron chi connectivity index (χ4n) is 1.64. The summed E-state index contributed by atoms with van der Waals surface area (Å²) in [4.78, 5) is 0. The predicted octanol–water partition coefficient (Wildman–Crippen LogP) is 1.12. The van der Waals surface area contributed by atoms with E-state index < -0.39 is 0 Å². The molecule has 0 radical (unpaired) electrons. The summed E-state index contributed by atoms with van der Waals surface area (Å²) in [6.45, 7) is 0.748. The van der Waals surface area contributed by atoms with Crippen molar-refractivity contribution < 1.29 is 14.6 Å². The first-order chi connectivity index (χ1) is 6.36. The highest BCUT2D eigenvalue weighted by atomic mass is 16.5. The Kier molecular flexibility index (Phi) is 2.10. The van der Waals surface area contributed by atoms with Gasteiger partial charge in [0.05, 0.1) is 20.3 Å². The first kappa shape index (κ1) is 8.38. The summed E-state index contributed by atoms with van der Waals surface area (Å²) in [5.74, 6) is 1.55. The number of aliphatic hydroxyl groups is 1. The van der Waals surface area contributed by atoms with Crippen LogP contribution >= 0.6 is 0 Å². The Morgan fingerprint density at radius 2 is 2.38 bits per heavy atom. The fraction of sp³-hybridized carbons (Fsp3) is 0.400. The van der Waals surface area contributed by atoms with Crippen molar-refractivity contribution in [2.24, 2.45) is 0 Å². The Balaban J connectivity index is 2.52. The van der Waals surface area contributed by atoms with Gasteiger partial charge in [-0.2, -0.15) is 0 Å². The van der Waals surface area contributed by atoms with Gasteiger partial charge in [-0.15, -0.1) is 0 Å². The first-order valence-corrected chi connectivity index (χ1v) is 4.29. The van der Waals surface area contributed by atoms with Gasteiger partial charge in [-0.3, -0.25) is 0 Å². The fourth-order valence-corrected chi connectivity index (χ4v) is 1.64. The van der Waals surface area contributed by atoms with E-state index >= 15 is 0 Å².